The Morgan fingerprint density at radius 2 is 1.96 bits per heavy atom. The van der Waals surface area contributed by atoms with Gasteiger partial charge in [-0.2, -0.15) is 4.31 Å². The van der Waals surface area contributed by atoms with Crippen molar-refractivity contribution in [1.82, 2.24) is 14.3 Å². The van der Waals surface area contributed by atoms with Gasteiger partial charge in [-0.15, -0.1) is 0 Å². The summed E-state index contributed by atoms with van der Waals surface area (Å²) in [6, 6.07) is 5.91. The number of hydrogen-bond donors (Lipinski definition) is 0. The van der Waals surface area contributed by atoms with E-state index in [4.69, 9.17) is 0 Å². The molecule has 2 bridgehead atoms. The molecule has 0 saturated carbocycles. The second-order valence-corrected chi connectivity index (χ2v) is 8.13. The van der Waals surface area contributed by atoms with Crippen LogP contribution in [-0.2, 0) is 16.4 Å². The molecule has 3 heterocycles. The SMILES string of the molecule is CC(=O)c1ccc(S(=O)(=O)N2C3CCC2c2cncnc2C3)cc1. The summed E-state index contributed by atoms with van der Waals surface area (Å²) >= 11 is 0. The molecule has 7 heteroatoms. The first-order chi connectivity index (χ1) is 11.5. The highest BCUT2D eigenvalue weighted by molar-refractivity contribution is 7.89. The number of carbonyl (C=O) groups excluding carboxylic acids is 1. The molecule has 2 unspecified atom stereocenters. The van der Waals surface area contributed by atoms with Gasteiger partial charge in [0.05, 0.1) is 16.6 Å². The van der Waals surface area contributed by atoms with Crippen molar-refractivity contribution in [3.05, 3.63) is 53.6 Å². The molecule has 124 valence electrons. The number of nitrogens with zero attached hydrogens (tertiary/aromatic N) is 3. The van der Waals surface area contributed by atoms with Gasteiger partial charge in [-0.1, -0.05) is 12.1 Å². The second kappa shape index (κ2) is 5.46. The average Bonchev–Trinajstić information content (AvgIpc) is 2.91. The first-order valence-electron chi connectivity index (χ1n) is 7.92. The van der Waals surface area contributed by atoms with Gasteiger partial charge in [0.2, 0.25) is 10.0 Å². The average molecular weight is 343 g/mol. The third-order valence-electron chi connectivity index (χ3n) is 4.89. The zero-order valence-electron chi connectivity index (χ0n) is 13.2. The Balaban J connectivity index is 1.74. The molecule has 2 atom stereocenters. The van der Waals surface area contributed by atoms with Crippen LogP contribution in [0.25, 0.3) is 0 Å². The summed E-state index contributed by atoms with van der Waals surface area (Å²) in [6.45, 7) is 1.46. The fourth-order valence-electron chi connectivity index (χ4n) is 3.73. The molecule has 1 aromatic heterocycles. The quantitative estimate of drug-likeness (QED) is 0.798. The molecular weight excluding hydrogens is 326 g/mol. The topological polar surface area (TPSA) is 80.2 Å². The summed E-state index contributed by atoms with van der Waals surface area (Å²) in [7, 11) is -3.62. The van der Waals surface area contributed by atoms with Gasteiger partial charge >= 0.3 is 0 Å². The van der Waals surface area contributed by atoms with Crippen LogP contribution in [0, 0.1) is 0 Å². The van der Waals surface area contributed by atoms with Crippen molar-refractivity contribution in [1.29, 1.82) is 0 Å². The Hall–Kier alpha value is -2.12. The summed E-state index contributed by atoms with van der Waals surface area (Å²) in [5, 5.41) is 0. The zero-order chi connectivity index (χ0) is 16.9. The molecule has 1 aromatic carbocycles. The largest absolute Gasteiger partial charge is 0.295 e. The number of ketones is 1. The molecule has 0 N–H and O–H groups in total. The molecule has 0 amide bonds. The number of benzene rings is 1. The summed E-state index contributed by atoms with van der Waals surface area (Å²) in [4.78, 5) is 20.0. The standard InChI is InChI=1S/C17H17N3O3S/c1-11(21)12-2-5-14(6-3-12)24(22,23)20-13-4-7-17(20)15-9-18-10-19-16(15)8-13/h2-3,5-6,9-10,13,17H,4,7-8H2,1H3. The highest BCUT2D eigenvalue weighted by Gasteiger charge is 2.47. The third-order valence-corrected chi connectivity index (χ3v) is 6.87. The fraction of sp³-hybridized carbons (Fsp3) is 0.353. The van der Waals surface area contributed by atoms with Crippen molar-refractivity contribution in [3.63, 3.8) is 0 Å². The van der Waals surface area contributed by atoms with Gasteiger partial charge in [0.25, 0.3) is 0 Å². The van der Waals surface area contributed by atoms with E-state index in [0.29, 0.717) is 12.0 Å². The maximum Gasteiger partial charge on any atom is 0.243 e. The predicted octanol–water partition coefficient (Wildman–Crippen LogP) is 2.13. The molecule has 6 nitrogen and oxygen atoms in total. The monoisotopic (exact) mass is 343 g/mol. The van der Waals surface area contributed by atoms with Crippen molar-refractivity contribution < 1.29 is 13.2 Å². The van der Waals surface area contributed by atoms with E-state index in [1.807, 2.05) is 0 Å². The molecule has 0 radical (unpaired) electrons. The number of aromatic nitrogens is 2. The van der Waals surface area contributed by atoms with E-state index in [9.17, 15) is 13.2 Å². The molecule has 2 aliphatic heterocycles. The number of hydrogen-bond acceptors (Lipinski definition) is 5. The van der Waals surface area contributed by atoms with Crippen LogP contribution in [-0.4, -0.2) is 34.5 Å². The van der Waals surface area contributed by atoms with Crippen LogP contribution >= 0.6 is 0 Å². The van der Waals surface area contributed by atoms with E-state index >= 15 is 0 Å². The molecule has 2 aliphatic rings. The van der Waals surface area contributed by atoms with Crippen molar-refractivity contribution >= 4 is 15.8 Å². The van der Waals surface area contributed by atoms with Crippen LogP contribution in [0.15, 0.2) is 41.7 Å². The molecule has 2 aromatic rings. The Kier molecular flexibility index (Phi) is 3.51. The summed E-state index contributed by atoms with van der Waals surface area (Å²) in [5.74, 6) is -0.0805. The number of carbonyl (C=O) groups is 1. The second-order valence-electron chi connectivity index (χ2n) is 6.29. The zero-order valence-corrected chi connectivity index (χ0v) is 14.0. The van der Waals surface area contributed by atoms with Gasteiger partial charge in [-0.3, -0.25) is 4.79 Å². The van der Waals surface area contributed by atoms with E-state index in [2.05, 4.69) is 9.97 Å². The first kappa shape index (κ1) is 15.4. The van der Waals surface area contributed by atoms with E-state index < -0.39 is 10.0 Å². The van der Waals surface area contributed by atoms with Crippen LogP contribution in [0.2, 0.25) is 0 Å². The minimum Gasteiger partial charge on any atom is -0.295 e. The smallest absolute Gasteiger partial charge is 0.243 e. The molecule has 0 spiro atoms. The Morgan fingerprint density at radius 3 is 2.67 bits per heavy atom. The molecule has 1 fully saturated rings. The van der Waals surface area contributed by atoms with Crippen LogP contribution in [0.1, 0.15) is 47.4 Å². The van der Waals surface area contributed by atoms with E-state index in [-0.39, 0.29) is 22.8 Å². The lowest BCUT2D eigenvalue weighted by molar-refractivity contribution is 0.101. The number of sulfonamides is 1. The maximum atomic E-state index is 13.1. The van der Waals surface area contributed by atoms with E-state index in [1.54, 1.807) is 22.6 Å². The number of rotatable bonds is 3. The van der Waals surface area contributed by atoms with Crippen molar-refractivity contribution in [2.24, 2.45) is 0 Å². The lowest BCUT2D eigenvalue weighted by atomic mass is 10.0. The summed E-state index contributed by atoms with van der Waals surface area (Å²) in [6.07, 6.45) is 5.49. The number of Topliss-reactive ketones (excluding diaryl/α,β-unsaturated/α-hetero) is 1. The van der Waals surface area contributed by atoms with Gasteiger partial charge in [0.15, 0.2) is 5.78 Å². The van der Waals surface area contributed by atoms with Gasteiger partial charge in [0, 0.05) is 29.8 Å². The van der Waals surface area contributed by atoms with Crippen LogP contribution in [0.3, 0.4) is 0 Å². The van der Waals surface area contributed by atoms with Crippen molar-refractivity contribution in [2.75, 3.05) is 0 Å². The lowest BCUT2D eigenvalue weighted by Gasteiger charge is -2.34. The lowest BCUT2D eigenvalue weighted by Crippen LogP contribution is -2.42. The predicted molar refractivity (Wildman–Crippen MR) is 87.0 cm³/mol. The Morgan fingerprint density at radius 1 is 1.21 bits per heavy atom. The highest BCUT2D eigenvalue weighted by Crippen LogP contribution is 2.45. The van der Waals surface area contributed by atoms with Crippen LogP contribution in [0.5, 0.6) is 0 Å². The molecule has 4 rings (SSSR count). The van der Waals surface area contributed by atoms with Crippen molar-refractivity contribution in [2.45, 2.75) is 43.2 Å². The fourth-order valence-corrected chi connectivity index (χ4v) is 5.58. The molecule has 24 heavy (non-hydrogen) atoms. The first-order valence-corrected chi connectivity index (χ1v) is 9.36. The van der Waals surface area contributed by atoms with E-state index in [0.717, 1.165) is 24.1 Å². The Labute approximate surface area is 140 Å². The molecule has 0 aliphatic carbocycles. The van der Waals surface area contributed by atoms with Crippen LogP contribution < -0.4 is 0 Å². The normalized spacial score (nSPS) is 23.0. The molecular formula is C17H17N3O3S. The van der Waals surface area contributed by atoms with Crippen LogP contribution in [0.4, 0.5) is 0 Å². The summed E-state index contributed by atoms with van der Waals surface area (Å²) < 4.78 is 27.9. The highest BCUT2D eigenvalue weighted by atomic mass is 32.2. The van der Waals surface area contributed by atoms with Gasteiger partial charge in [-0.25, -0.2) is 18.4 Å². The van der Waals surface area contributed by atoms with Gasteiger partial charge < -0.3 is 0 Å². The summed E-state index contributed by atoms with van der Waals surface area (Å²) in [5.41, 5.74) is 2.38. The van der Waals surface area contributed by atoms with Crippen molar-refractivity contribution in [3.8, 4) is 0 Å². The molecule has 1 saturated heterocycles. The minimum atomic E-state index is -3.62. The van der Waals surface area contributed by atoms with E-state index in [1.165, 1.54) is 25.4 Å². The minimum absolute atomic E-state index is 0.0603. The number of fused-ring (bicyclic) bond motifs is 4. The Bertz CT molecular complexity index is 909. The van der Waals surface area contributed by atoms with Gasteiger partial charge in [0.1, 0.15) is 6.33 Å². The maximum absolute atomic E-state index is 13.1. The third kappa shape index (κ3) is 2.27. The van der Waals surface area contributed by atoms with Gasteiger partial charge in [-0.05, 0) is 31.9 Å².